The molecule has 114 valence electrons. The highest BCUT2D eigenvalue weighted by Gasteiger charge is 2.19. The van der Waals surface area contributed by atoms with Crippen molar-refractivity contribution >= 4 is 21.4 Å². The van der Waals surface area contributed by atoms with Crippen LogP contribution in [0.25, 0.3) is 0 Å². The number of fused-ring (bicyclic) bond motifs is 1. The largest absolute Gasteiger partial charge is 0.486 e. The van der Waals surface area contributed by atoms with Crippen LogP contribution in [0.5, 0.6) is 11.5 Å². The van der Waals surface area contributed by atoms with E-state index < -0.39 is 9.84 Å². The van der Waals surface area contributed by atoms with E-state index in [1.807, 2.05) is 6.07 Å². The van der Waals surface area contributed by atoms with E-state index in [0.29, 0.717) is 54.6 Å². The van der Waals surface area contributed by atoms with Gasteiger partial charge in [0.05, 0.1) is 22.6 Å². The minimum atomic E-state index is -3.22. The van der Waals surface area contributed by atoms with Gasteiger partial charge in [-0.25, -0.2) is 8.42 Å². The van der Waals surface area contributed by atoms with Gasteiger partial charge in [-0.15, -0.1) is 0 Å². The molecule has 1 aliphatic rings. The maximum atomic E-state index is 12.0. The fraction of sp³-hybridized carbons (Fsp3) is 0.500. The summed E-state index contributed by atoms with van der Waals surface area (Å²) in [7, 11) is -3.22. The van der Waals surface area contributed by atoms with E-state index in [1.54, 1.807) is 12.1 Å². The van der Waals surface area contributed by atoms with E-state index in [9.17, 15) is 8.42 Å². The summed E-state index contributed by atoms with van der Waals surface area (Å²) >= 11 is 6.09. The molecule has 0 radical (unpaired) electrons. The molecule has 0 aliphatic carbocycles. The lowest BCUT2D eigenvalue weighted by molar-refractivity contribution is 0.171. The lowest BCUT2D eigenvalue weighted by Gasteiger charge is -2.20. The zero-order valence-corrected chi connectivity index (χ0v) is 13.0. The number of hydrogen-bond acceptors (Lipinski definition) is 5. The molecule has 5 nitrogen and oxygen atoms in total. The summed E-state index contributed by atoms with van der Waals surface area (Å²) in [6.07, 6.45) is 1.47. The Hall–Kier alpha value is -1.45. The fourth-order valence-corrected chi connectivity index (χ4v) is 3.85. The summed E-state index contributed by atoms with van der Waals surface area (Å²) in [6.45, 7) is 0.858. The molecule has 0 N–H and O–H groups in total. The van der Waals surface area contributed by atoms with Gasteiger partial charge in [0.15, 0.2) is 21.3 Å². The highest BCUT2D eigenvalue weighted by Crippen LogP contribution is 2.38. The smallest absolute Gasteiger partial charge is 0.179 e. The number of halogens is 1. The van der Waals surface area contributed by atoms with Crippen molar-refractivity contribution in [3.05, 3.63) is 22.7 Å². The lowest BCUT2D eigenvalue weighted by atomic mass is 10.2. The van der Waals surface area contributed by atoms with Crippen molar-refractivity contribution in [2.24, 2.45) is 0 Å². The first kappa shape index (κ1) is 15.9. The van der Waals surface area contributed by atoms with Crippen LogP contribution in [0.15, 0.2) is 12.1 Å². The normalized spacial score (nSPS) is 13.7. The molecule has 0 bridgehead atoms. The van der Waals surface area contributed by atoms with Crippen molar-refractivity contribution in [2.75, 3.05) is 19.0 Å². The van der Waals surface area contributed by atoms with Gasteiger partial charge in [0.1, 0.15) is 13.2 Å². The Morgan fingerprint density at radius 2 is 2.00 bits per heavy atom. The van der Waals surface area contributed by atoms with Crippen LogP contribution in [0, 0.1) is 11.3 Å². The predicted molar refractivity (Wildman–Crippen MR) is 79.4 cm³/mol. The SMILES string of the molecule is N#CCCCCS(=O)(=O)Cc1cc(Cl)c2c(c1)OCCO2. The molecule has 0 atom stereocenters. The van der Waals surface area contributed by atoms with E-state index in [1.165, 1.54) is 0 Å². The third-order valence-corrected chi connectivity index (χ3v) is 5.00. The van der Waals surface area contributed by atoms with Crippen LogP contribution < -0.4 is 9.47 Å². The standard InChI is InChI=1S/C14H16ClNO4S/c15-12-8-11(9-13-14(12)20-6-5-19-13)10-21(17,18)7-3-1-2-4-16/h8-9H,1-3,5-7,10H2. The van der Waals surface area contributed by atoms with Crippen LogP contribution in [0.4, 0.5) is 0 Å². The number of sulfone groups is 1. The van der Waals surface area contributed by atoms with Gasteiger partial charge < -0.3 is 9.47 Å². The van der Waals surface area contributed by atoms with Gasteiger partial charge in [-0.05, 0) is 30.5 Å². The summed E-state index contributed by atoms with van der Waals surface area (Å²) in [5, 5.41) is 8.80. The maximum absolute atomic E-state index is 12.0. The van der Waals surface area contributed by atoms with E-state index in [2.05, 4.69) is 0 Å². The number of nitrogens with zero attached hydrogens (tertiary/aromatic N) is 1. The summed E-state index contributed by atoms with van der Waals surface area (Å²) in [5.74, 6) is 0.943. The average molecular weight is 330 g/mol. The fourth-order valence-electron chi connectivity index (χ4n) is 2.10. The molecule has 0 unspecified atom stereocenters. The van der Waals surface area contributed by atoms with E-state index in [0.717, 1.165) is 0 Å². The second kappa shape index (κ2) is 7.01. The molecule has 2 rings (SSSR count). The molecule has 0 spiro atoms. The van der Waals surface area contributed by atoms with Crippen molar-refractivity contribution in [2.45, 2.75) is 25.0 Å². The van der Waals surface area contributed by atoms with Gasteiger partial charge in [-0.1, -0.05) is 11.6 Å². The van der Waals surface area contributed by atoms with Gasteiger partial charge in [0, 0.05) is 6.42 Å². The zero-order chi connectivity index (χ0) is 15.3. The van der Waals surface area contributed by atoms with Gasteiger partial charge >= 0.3 is 0 Å². The van der Waals surface area contributed by atoms with Crippen LogP contribution in [0.1, 0.15) is 24.8 Å². The van der Waals surface area contributed by atoms with Crippen molar-refractivity contribution in [1.82, 2.24) is 0 Å². The maximum Gasteiger partial charge on any atom is 0.179 e. The van der Waals surface area contributed by atoms with Crippen LogP contribution >= 0.6 is 11.6 Å². The summed E-state index contributed by atoms with van der Waals surface area (Å²) < 4.78 is 34.9. The third kappa shape index (κ3) is 4.51. The Balaban J connectivity index is 2.05. The molecule has 1 aliphatic heterocycles. The predicted octanol–water partition coefficient (Wildman–Crippen LogP) is 2.72. The first-order valence-electron chi connectivity index (χ1n) is 6.67. The average Bonchev–Trinajstić information content (AvgIpc) is 2.43. The lowest BCUT2D eigenvalue weighted by Crippen LogP contribution is -2.16. The van der Waals surface area contributed by atoms with Gasteiger partial charge in [0.25, 0.3) is 0 Å². The van der Waals surface area contributed by atoms with Gasteiger partial charge in [-0.2, -0.15) is 5.26 Å². The molecule has 21 heavy (non-hydrogen) atoms. The molecular weight excluding hydrogens is 314 g/mol. The van der Waals surface area contributed by atoms with Crippen LogP contribution in [0.2, 0.25) is 5.02 Å². The van der Waals surface area contributed by atoms with Gasteiger partial charge in [0.2, 0.25) is 0 Å². The second-order valence-corrected chi connectivity index (χ2v) is 7.40. The van der Waals surface area contributed by atoms with E-state index in [4.69, 9.17) is 26.3 Å². The topological polar surface area (TPSA) is 76.4 Å². The molecule has 0 amide bonds. The number of nitriles is 1. The molecule has 0 saturated carbocycles. The van der Waals surface area contributed by atoms with E-state index in [-0.39, 0.29) is 11.5 Å². The molecule has 1 heterocycles. The summed E-state index contributed by atoms with van der Waals surface area (Å²) in [4.78, 5) is 0. The number of hydrogen-bond donors (Lipinski definition) is 0. The Morgan fingerprint density at radius 3 is 2.76 bits per heavy atom. The van der Waals surface area contributed by atoms with Crippen molar-refractivity contribution in [3.8, 4) is 17.6 Å². The first-order chi connectivity index (χ1) is 10.0. The third-order valence-electron chi connectivity index (χ3n) is 3.04. The Labute approximate surface area is 129 Å². The minimum Gasteiger partial charge on any atom is -0.486 e. The van der Waals surface area contributed by atoms with Crippen molar-refractivity contribution < 1.29 is 17.9 Å². The van der Waals surface area contributed by atoms with Crippen molar-refractivity contribution in [1.29, 1.82) is 5.26 Å². The number of unbranched alkanes of at least 4 members (excludes halogenated alkanes) is 2. The van der Waals surface area contributed by atoms with Crippen LogP contribution in [0.3, 0.4) is 0 Å². The van der Waals surface area contributed by atoms with E-state index >= 15 is 0 Å². The number of rotatable bonds is 6. The quantitative estimate of drug-likeness (QED) is 0.750. The molecule has 0 aromatic heterocycles. The molecule has 0 fully saturated rings. The molecule has 7 heteroatoms. The second-order valence-electron chi connectivity index (χ2n) is 4.81. The zero-order valence-electron chi connectivity index (χ0n) is 11.5. The highest BCUT2D eigenvalue weighted by molar-refractivity contribution is 7.90. The molecular formula is C14H16ClNO4S. The van der Waals surface area contributed by atoms with Crippen molar-refractivity contribution in [3.63, 3.8) is 0 Å². The Kier molecular flexibility index (Phi) is 5.32. The number of benzene rings is 1. The van der Waals surface area contributed by atoms with Gasteiger partial charge in [-0.3, -0.25) is 0 Å². The van der Waals surface area contributed by atoms with Crippen LogP contribution in [-0.2, 0) is 15.6 Å². The Morgan fingerprint density at radius 1 is 1.24 bits per heavy atom. The molecule has 0 saturated heterocycles. The highest BCUT2D eigenvalue weighted by atomic mass is 35.5. The molecule has 1 aromatic carbocycles. The summed E-state index contributed by atoms with van der Waals surface area (Å²) in [6, 6.07) is 5.26. The minimum absolute atomic E-state index is 0.0702. The molecule has 1 aromatic rings. The Bertz CT molecular complexity index is 652. The monoisotopic (exact) mass is 329 g/mol. The first-order valence-corrected chi connectivity index (χ1v) is 8.87. The summed E-state index contributed by atoms with van der Waals surface area (Å²) in [5.41, 5.74) is 0.588. The number of ether oxygens (including phenoxy) is 2. The van der Waals surface area contributed by atoms with Crippen LogP contribution in [-0.4, -0.2) is 27.4 Å².